The van der Waals surface area contributed by atoms with E-state index in [2.05, 4.69) is 41.8 Å². The maximum Gasteiger partial charge on any atom is 0.319 e. The molecule has 3 N–H and O–H groups in total. The highest BCUT2D eigenvalue weighted by molar-refractivity contribution is 9.10. The number of anilines is 3. The predicted molar refractivity (Wildman–Crippen MR) is 112 cm³/mol. The van der Waals surface area contributed by atoms with Crippen LogP contribution in [0.15, 0.2) is 28.9 Å². The zero-order valence-electron chi connectivity index (χ0n) is 16.2. The Kier molecular flexibility index (Phi) is 6.83. The molecule has 0 aliphatic heterocycles. The van der Waals surface area contributed by atoms with Gasteiger partial charge in [0.15, 0.2) is 11.6 Å². The number of carbonyl (C=O) groups excluding carboxylic acids is 1. The lowest BCUT2D eigenvalue weighted by molar-refractivity contribution is 0.243. The minimum absolute atomic E-state index is 0.0661. The lowest BCUT2D eigenvalue weighted by atomic mass is 9.91. The Hall–Kier alpha value is -2.49. The van der Waals surface area contributed by atoms with Gasteiger partial charge >= 0.3 is 6.03 Å². The molecule has 29 heavy (non-hydrogen) atoms. The van der Waals surface area contributed by atoms with E-state index in [-0.39, 0.29) is 16.6 Å². The van der Waals surface area contributed by atoms with E-state index in [4.69, 9.17) is 0 Å². The molecule has 1 aliphatic rings. The third-order valence-corrected chi connectivity index (χ3v) is 5.20. The van der Waals surface area contributed by atoms with Crippen LogP contribution in [-0.4, -0.2) is 42.2 Å². The van der Waals surface area contributed by atoms with Gasteiger partial charge in [0.05, 0.1) is 0 Å². The number of rotatable bonds is 5. The first kappa shape index (κ1) is 21.2. The van der Waals surface area contributed by atoms with Crippen molar-refractivity contribution in [1.29, 1.82) is 0 Å². The molecule has 0 spiro atoms. The molecule has 7 nitrogen and oxygen atoms in total. The summed E-state index contributed by atoms with van der Waals surface area (Å²) in [7, 11) is 3.83. The van der Waals surface area contributed by atoms with Crippen molar-refractivity contribution >= 4 is 39.4 Å². The lowest BCUT2D eigenvalue weighted by Crippen LogP contribution is -2.42. The summed E-state index contributed by atoms with van der Waals surface area (Å²) in [5.41, 5.74) is -0.459. The van der Waals surface area contributed by atoms with E-state index in [1.54, 1.807) is 6.20 Å². The average molecular weight is 469 g/mol. The molecular weight excluding hydrogens is 446 g/mol. The van der Waals surface area contributed by atoms with Gasteiger partial charge in [-0.15, -0.1) is 0 Å². The Labute approximate surface area is 176 Å². The first-order chi connectivity index (χ1) is 13.8. The monoisotopic (exact) mass is 468 g/mol. The quantitative estimate of drug-likeness (QED) is 0.614. The maximum atomic E-state index is 13.9. The fourth-order valence-electron chi connectivity index (χ4n) is 3.23. The summed E-state index contributed by atoms with van der Waals surface area (Å²) in [6.07, 6.45) is 4.83. The van der Waals surface area contributed by atoms with Crippen LogP contribution in [0.4, 0.5) is 31.0 Å². The molecule has 1 saturated carbocycles. The smallest absolute Gasteiger partial charge is 0.319 e. The number of nitrogens with one attached hydrogen (secondary N) is 3. The number of amides is 2. The second-order valence-electron chi connectivity index (χ2n) is 7.17. The van der Waals surface area contributed by atoms with Crippen molar-refractivity contribution in [1.82, 2.24) is 15.3 Å². The summed E-state index contributed by atoms with van der Waals surface area (Å²) in [4.78, 5) is 22.7. The van der Waals surface area contributed by atoms with Crippen molar-refractivity contribution in [2.24, 2.45) is 0 Å². The van der Waals surface area contributed by atoms with Gasteiger partial charge in [-0.3, -0.25) is 0 Å². The molecule has 156 valence electrons. The molecule has 1 aromatic carbocycles. The zero-order valence-corrected chi connectivity index (χ0v) is 17.8. The molecular formula is C19H23BrF2N6O. The summed E-state index contributed by atoms with van der Waals surface area (Å²) in [6, 6.07) is 3.55. The topological polar surface area (TPSA) is 82.2 Å². The minimum atomic E-state index is -0.833. The van der Waals surface area contributed by atoms with E-state index in [9.17, 15) is 13.6 Å². The second-order valence-corrected chi connectivity index (χ2v) is 8.08. The Balaban J connectivity index is 1.48. The Morgan fingerprint density at radius 1 is 1.14 bits per heavy atom. The molecule has 1 fully saturated rings. The van der Waals surface area contributed by atoms with Crippen LogP contribution >= 0.6 is 15.9 Å². The molecule has 0 saturated heterocycles. The number of nitrogens with zero attached hydrogens (tertiary/aromatic N) is 3. The van der Waals surface area contributed by atoms with Crippen LogP contribution in [0.3, 0.4) is 0 Å². The van der Waals surface area contributed by atoms with Crippen molar-refractivity contribution in [3.8, 4) is 0 Å². The van der Waals surface area contributed by atoms with E-state index in [1.807, 2.05) is 25.1 Å². The summed E-state index contributed by atoms with van der Waals surface area (Å²) in [5.74, 6) is -0.270. The summed E-state index contributed by atoms with van der Waals surface area (Å²) in [6.45, 7) is 0. The van der Waals surface area contributed by atoms with Gasteiger partial charge in [-0.05, 0) is 43.9 Å². The first-order valence-electron chi connectivity index (χ1n) is 9.31. The van der Waals surface area contributed by atoms with Crippen LogP contribution in [0, 0.1) is 11.6 Å². The third kappa shape index (κ3) is 5.75. The standard InChI is InChI=1S/C19H23BrF2N6O/c1-28(2)16-7-8-23-18(26-16)24-12-3-5-13(6-4-12)25-19(29)27-17-14(21)9-11(20)10-15(17)22/h7-10,12-13H,3-6H2,1-2H3,(H,23,24,26)(H2,25,27,29). The van der Waals surface area contributed by atoms with Gasteiger partial charge in [0, 0.05) is 36.8 Å². The van der Waals surface area contributed by atoms with Crippen molar-refractivity contribution in [2.45, 2.75) is 37.8 Å². The molecule has 2 aromatic rings. The number of halogens is 3. The molecule has 2 amide bonds. The third-order valence-electron chi connectivity index (χ3n) is 4.74. The van der Waals surface area contributed by atoms with E-state index in [0.717, 1.165) is 43.6 Å². The second kappa shape index (κ2) is 9.34. The average Bonchev–Trinajstić information content (AvgIpc) is 2.66. The van der Waals surface area contributed by atoms with Crippen molar-refractivity contribution < 1.29 is 13.6 Å². The normalized spacial score (nSPS) is 18.8. The minimum Gasteiger partial charge on any atom is -0.363 e. The van der Waals surface area contributed by atoms with Crippen LogP contribution in [0.5, 0.6) is 0 Å². The van der Waals surface area contributed by atoms with E-state index < -0.39 is 23.4 Å². The van der Waals surface area contributed by atoms with E-state index in [1.165, 1.54) is 0 Å². The van der Waals surface area contributed by atoms with Crippen molar-refractivity contribution in [3.63, 3.8) is 0 Å². The number of hydrogen-bond acceptors (Lipinski definition) is 5. The first-order valence-corrected chi connectivity index (χ1v) is 10.1. The Morgan fingerprint density at radius 3 is 2.38 bits per heavy atom. The Bertz CT molecular complexity index is 851. The zero-order chi connectivity index (χ0) is 21.0. The van der Waals surface area contributed by atoms with Gasteiger partial charge in [0.25, 0.3) is 0 Å². The lowest BCUT2D eigenvalue weighted by Gasteiger charge is -2.29. The fraction of sp³-hybridized carbons (Fsp3) is 0.421. The number of aromatic nitrogens is 2. The van der Waals surface area contributed by atoms with Gasteiger partial charge in [-0.2, -0.15) is 4.98 Å². The van der Waals surface area contributed by atoms with Crippen molar-refractivity contribution in [3.05, 3.63) is 40.5 Å². The van der Waals surface area contributed by atoms with Crippen molar-refractivity contribution in [2.75, 3.05) is 29.6 Å². The molecule has 1 aliphatic carbocycles. The largest absolute Gasteiger partial charge is 0.363 e. The highest BCUT2D eigenvalue weighted by Crippen LogP contribution is 2.25. The van der Waals surface area contributed by atoms with Crippen LogP contribution in [0.2, 0.25) is 0 Å². The summed E-state index contributed by atoms with van der Waals surface area (Å²) < 4.78 is 28.0. The van der Waals surface area contributed by atoms with Gasteiger partial charge in [-0.25, -0.2) is 18.6 Å². The molecule has 0 atom stereocenters. The van der Waals surface area contributed by atoms with Gasteiger partial charge in [0.1, 0.15) is 11.5 Å². The maximum absolute atomic E-state index is 13.9. The summed E-state index contributed by atoms with van der Waals surface area (Å²) >= 11 is 3.01. The van der Waals surface area contributed by atoms with Gasteiger partial charge in [0.2, 0.25) is 5.95 Å². The van der Waals surface area contributed by atoms with Crippen LogP contribution < -0.4 is 20.9 Å². The van der Waals surface area contributed by atoms with Crippen LogP contribution in [-0.2, 0) is 0 Å². The number of benzene rings is 1. The van der Waals surface area contributed by atoms with Gasteiger partial charge in [-0.1, -0.05) is 15.9 Å². The van der Waals surface area contributed by atoms with Gasteiger partial charge < -0.3 is 20.9 Å². The molecule has 1 aromatic heterocycles. The molecule has 0 unspecified atom stereocenters. The predicted octanol–water partition coefficient (Wildman–Crippen LogP) is 4.13. The van der Waals surface area contributed by atoms with Crippen LogP contribution in [0.25, 0.3) is 0 Å². The molecule has 10 heteroatoms. The molecule has 0 bridgehead atoms. The highest BCUT2D eigenvalue weighted by Gasteiger charge is 2.24. The number of urea groups is 1. The molecule has 0 radical (unpaired) electrons. The van der Waals surface area contributed by atoms with E-state index >= 15 is 0 Å². The summed E-state index contributed by atoms with van der Waals surface area (Å²) in [5, 5.41) is 8.37. The molecule has 1 heterocycles. The Morgan fingerprint density at radius 2 is 1.76 bits per heavy atom. The SMILES string of the molecule is CN(C)c1ccnc(NC2CCC(NC(=O)Nc3c(F)cc(Br)cc3F)CC2)n1. The van der Waals surface area contributed by atoms with E-state index in [0.29, 0.717) is 5.95 Å². The molecule has 3 rings (SSSR count). The number of carbonyl (C=O) groups is 1. The fourth-order valence-corrected chi connectivity index (χ4v) is 3.63. The highest BCUT2D eigenvalue weighted by atomic mass is 79.9. The van der Waals surface area contributed by atoms with Crippen LogP contribution in [0.1, 0.15) is 25.7 Å². The number of hydrogen-bond donors (Lipinski definition) is 3.